The van der Waals surface area contributed by atoms with Gasteiger partial charge in [-0.1, -0.05) is 31.4 Å². The molecular weight excluding hydrogens is 300 g/mol. The molecule has 1 N–H and O–H groups in total. The number of rotatable bonds is 3. The number of aromatic nitrogens is 1. The predicted molar refractivity (Wildman–Crippen MR) is 76.6 cm³/mol. The SMILES string of the molecule is CC1CCCC(CNc2ncc(Cl)cc2Br)C1. The maximum Gasteiger partial charge on any atom is 0.140 e. The first-order chi connectivity index (χ1) is 8.15. The Kier molecular flexibility index (Phi) is 4.69. The van der Waals surface area contributed by atoms with Crippen molar-refractivity contribution in [3.8, 4) is 0 Å². The van der Waals surface area contributed by atoms with Crippen molar-refractivity contribution in [1.29, 1.82) is 0 Å². The lowest BCUT2D eigenvalue weighted by Gasteiger charge is -2.27. The van der Waals surface area contributed by atoms with Gasteiger partial charge in [0.25, 0.3) is 0 Å². The summed E-state index contributed by atoms with van der Waals surface area (Å²) in [4.78, 5) is 4.29. The first kappa shape index (κ1) is 13.2. The number of anilines is 1. The number of hydrogen-bond acceptors (Lipinski definition) is 2. The van der Waals surface area contributed by atoms with Gasteiger partial charge < -0.3 is 5.32 Å². The van der Waals surface area contributed by atoms with Crippen molar-refractivity contribution in [1.82, 2.24) is 4.98 Å². The molecule has 94 valence electrons. The molecule has 0 aliphatic heterocycles. The van der Waals surface area contributed by atoms with Gasteiger partial charge in [-0.2, -0.15) is 0 Å². The van der Waals surface area contributed by atoms with E-state index in [0.29, 0.717) is 5.02 Å². The highest BCUT2D eigenvalue weighted by molar-refractivity contribution is 9.10. The lowest BCUT2D eigenvalue weighted by Crippen LogP contribution is -2.21. The van der Waals surface area contributed by atoms with Gasteiger partial charge in [0.05, 0.1) is 9.50 Å². The zero-order valence-electron chi connectivity index (χ0n) is 10.0. The summed E-state index contributed by atoms with van der Waals surface area (Å²) < 4.78 is 0.939. The second kappa shape index (κ2) is 6.05. The van der Waals surface area contributed by atoms with Gasteiger partial charge >= 0.3 is 0 Å². The van der Waals surface area contributed by atoms with Gasteiger partial charge in [-0.25, -0.2) is 4.98 Å². The van der Waals surface area contributed by atoms with Crippen molar-refractivity contribution in [2.24, 2.45) is 11.8 Å². The highest BCUT2D eigenvalue weighted by Crippen LogP contribution is 2.29. The molecule has 0 aromatic carbocycles. The Morgan fingerprint density at radius 3 is 3.06 bits per heavy atom. The van der Waals surface area contributed by atoms with Crippen LogP contribution in [0.2, 0.25) is 5.02 Å². The monoisotopic (exact) mass is 316 g/mol. The van der Waals surface area contributed by atoms with Crippen LogP contribution in [0.1, 0.15) is 32.6 Å². The van der Waals surface area contributed by atoms with Crippen molar-refractivity contribution >= 4 is 33.3 Å². The van der Waals surface area contributed by atoms with Crippen LogP contribution in [-0.2, 0) is 0 Å². The van der Waals surface area contributed by atoms with Crippen LogP contribution in [0, 0.1) is 11.8 Å². The predicted octanol–water partition coefficient (Wildman–Crippen LogP) is 4.74. The maximum atomic E-state index is 5.86. The van der Waals surface area contributed by atoms with Gasteiger partial charge in [0.2, 0.25) is 0 Å². The minimum absolute atomic E-state index is 0.661. The summed E-state index contributed by atoms with van der Waals surface area (Å²) >= 11 is 9.34. The van der Waals surface area contributed by atoms with Crippen molar-refractivity contribution in [2.45, 2.75) is 32.6 Å². The fraction of sp³-hybridized carbons (Fsp3) is 0.615. The van der Waals surface area contributed by atoms with Crippen LogP contribution in [0.3, 0.4) is 0 Å². The Bertz CT molecular complexity index is 384. The number of pyridine rings is 1. The van der Waals surface area contributed by atoms with Crippen molar-refractivity contribution in [3.05, 3.63) is 21.8 Å². The molecule has 0 saturated heterocycles. The molecule has 1 fully saturated rings. The normalized spacial score (nSPS) is 24.6. The van der Waals surface area contributed by atoms with E-state index >= 15 is 0 Å². The average molecular weight is 318 g/mol. The number of hydrogen-bond donors (Lipinski definition) is 1. The Balaban J connectivity index is 1.88. The van der Waals surface area contributed by atoms with E-state index in [1.807, 2.05) is 6.07 Å². The summed E-state index contributed by atoms with van der Waals surface area (Å²) in [7, 11) is 0. The van der Waals surface area contributed by atoms with Crippen LogP contribution in [-0.4, -0.2) is 11.5 Å². The zero-order valence-corrected chi connectivity index (χ0v) is 12.4. The summed E-state index contributed by atoms with van der Waals surface area (Å²) in [6.07, 6.45) is 7.10. The second-order valence-corrected chi connectivity index (χ2v) is 6.29. The lowest BCUT2D eigenvalue weighted by atomic mass is 9.82. The van der Waals surface area contributed by atoms with Crippen molar-refractivity contribution < 1.29 is 0 Å². The third-order valence-electron chi connectivity index (χ3n) is 3.41. The molecule has 0 bridgehead atoms. The minimum Gasteiger partial charge on any atom is -0.369 e. The van der Waals surface area contributed by atoms with Gasteiger partial charge in [-0.05, 0) is 46.7 Å². The minimum atomic E-state index is 0.661. The summed E-state index contributed by atoms with van der Waals surface area (Å²) in [5, 5.41) is 4.07. The molecule has 0 amide bonds. The van der Waals surface area contributed by atoms with Crippen LogP contribution < -0.4 is 5.32 Å². The molecule has 2 atom stereocenters. The van der Waals surface area contributed by atoms with Gasteiger partial charge in [0, 0.05) is 12.7 Å². The summed E-state index contributed by atoms with van der Waals surface area (Å²) in [5.41, 5.74) is 0. The van der Waals surface area contributed by atoms with E-state index in [0.717, 1.165) is 28.7 Å². The fourth-order valence-corrected chi connectivity index (χ4v) is 3.31. The van der Waals surface area contributed by atoms with Gasteiger partial charge in [0.1, 0.15) is 5.82 Å². The van der Waals surface area contributed by atoms with Gasteiger partial charge in [0.15, 0.2) is 0 Å². The molecule has 1 aliphatic carbocycles. The molecule has 2 unspecified atom stereocenters. The van der Waals surface area contributed by atoms with Crippen molar-refractivity contribution in [3.63, 3.8) is 0 Å². The molecule has 1 aromatic rings. The zero-order chi connectivity index (χ0) is 12.3. The Labute approximate surface area is 116 Å². The summed E-state index contributed by atoms with van der Waals surface area (Å²) in [6.45, 7) is 3.36. The van der Waals surface area contributed by atoms with E-state index in [2.05, 4.69) is 33.2 Å². The number of halogens is 2. The standard InChI is InChI=1S/C13H18BrClN2/c1-9-3-2-4-10(5-9)7-16-13-12(14)6-11(15)8-17-13/h6,8-10H,2-5,7H2,1H3,(H,16,17). The summed E-state index contributed by atoms with van der Waals surface area (Å²) in [6, 6.07) is 1.88. The van der Waals surface area contributed by atoms with Crippen LogP contribution in [0.4, 0.5) is 5.82 Å². The van der Waals surface area contributed by atoms with Gasteiger partial charge in [-0.3, -0.25) is 0 Å². The molecule has 0 radical (unpaired) electrons. The fourth-order valence-electron chi connectivity index (χ4n) is 2.53. The van der Waals surface area contributed by atoms with E-state index in [1.165, 1.54) is 25.7 Å². The molecule has 1 saturated carbocycles. The average Bonchev–Trinajstić information content (AvgIpc) is 2.28. The smallest absolute Gasteiger partial charge is 0.140 e. The van der Waals surface area contributed by atoms with Crippen LogP contribution in [0.15, 0.2) is 16.7 Å². The molecule has 17 heavy (non-hydrogen) atoms. The van der Waals surface area contributed by atoms with Crippen molar-refractivity contribution in [2.75, 3.05) is 11.9 Å². The van der Waals surface area contributed by atoms with E-state index in [-0.39, 0.29) is 0 Å². The van der Waals surface area contributed by atoms with Gasteiger partial charge in [-0.15, -0.1) is 0 Å². The quantitative estimate of drug-likeness (QED) is 0.871. The lowest BCUT2D eigenvalue weighted by molar-refractivity contribution is 0.293. The molecule has 2 nitrogen and oxygen atoms in total. The van der Waals surface area contributed by atoms with E-state index in [9.17, 15) is 0 Å². The van der Waals surface area contributed by atoms with E-state index in [4.69, 9.17) is 11.6 Å². The number of nitrogens with one attached hydrogen (secondary N) is 1. The Morgan fingerprint density at radius 1 is 1.53 bits per heavy atom. The largest absolute Gasteiger partial charge is 0.369 e. The second-order valence-electron chi connectivity index (χ2n) is 5.00. The van der Waals surface area contributed by atoms with Crippen LogP contribution in [0.5, 0.6) is 0 Å². The highest BCUT2D eigenvalue weighted by atomic mass is 79.9. The Morgan fingerprint density at radius 2 is 2.35 bits per heavy atom. The maximum absolute atomic E-state index is 5.86. The molecule has 1 aromatic heterocycles. The third-order valence-corrected chi connectivity index (χ3v) is 4.22. The third kappa shape index (κ3) is 3.85. The number of nitrogens with zero attached hydrogens (tertiary/aromatic N) is 1. The van der Waals surface area contributed by atoms with E-state index in [1.54, 1.807) is 6.20 Å². The molecule has 0 spiro atoms. The molecule has 1 heterocycles. The highest BCUT2D eigenvalue weighted by Gasteiger charge is 2.18. The first-order valence-electron chi connectivity index (χ1n) is 6.20. The Hall–Kier alpha value is -0.280. The first-order valence-corrected chi connectivity index (χ1v) is 7.37. The van der Waals surface area contributed by atoms with Crippen LogP contribution in [0.25, 0.3) is 0 Å². The topological polar surface area (TPSA) is 24.9 Å². The van der Waals surface area contributed by atoms with Crippen LogP contribution >= 0.6 is 27.5 Å². The molecule has 2 rings (SSSR count). The summed E-state index contributed by atoms with van der Waals surface area (Å²) in [5.74, 6) is 2.55. The molecular formula is C13H18BrClN2. The molecule has 1 aliphatic rings. The van der Waals surface area contributed by atoms with E-state index < -0.39 is 0 Å². The molecule has 4 heteroatoms.